The number of hydrogen-bond donors (Lipinski definition) is 4. The van der Waals surface area contributed by atoms with Crippen LogP contribution in [0.1, 0.15) is 0 Å². The van der Waals surface area contributed by atoms with Crippen molar-refractivity contribution in [1.29, 1.82) is 0 Å². The summed E-state index contributed by atoms with van der Waals surface area (Å²) < 4.78 is 0. The van der Waals surface area contributed by atoms with E-state index in [0.29, 0.717) is 35.4 Å². The number of rotatable bonds is 5. The lowest BCUT2D eigenvalue weighted by molar-refractivity contribution is 0.999. The van der Waals surface area contributed by atoms with Gasteiger partial charge >= 0.3 is 0 Å². The van der Waals surface area contributed by atoms with Crippen molar-refractivity contribution in [1.82, 2.24) is 20.2 Å². The molecule has 0 aliphatic heterocycles. The van der Waals surface area contributed by atoms with Gasteiger partial charge in [-0.15, -0.1) is 0 Å². The molecule has 3 aromatic rings. The first-order valence-corrected chi connectivity index (χ1v) is 6.81. The first kappa shape index (κ1) is 13.6. The van der Waals surface area contributed by atoms with Crippen LogP contribution in [-0.4, -0.2) is 33.3 Å². The van der Waals surface area contributed by atoms with Gasteiger partial charge in [-0.3, -0.25) is 5.10 Å². The largest absolute Gasteiger partial charge is 0.367 e. The Bertz CT molecular complexity index is 755. The molecule has 8 heteroatoms. The van der Waals surface area contributed by atoms with Crippen molar-refractivity contribution in [3.05, 3.63) is 35.6 Å². The molecular formula is C13H14ClN7. The molecule has 0 saturated heterocycles. The van der Waals surface area contributed by atoms with Crippen LogP contribution in [0.2, 0.25) is 5.02 Å². The molecule has 0 radical (unpaired) electrons. The van der Waals surface area contributed by atoms with Crippen molar-refractivity contribution in [2.75, 3.05) is 23.7 Å². The molecule has 21 heavy (non-hydrogen) atoms. The van der Waals surface area contributed by atoms with Gasteiger partial charge < -0.3 is 16.4 Å². The summed E-state index contributed by atoms with van der Waals surface area (Å²) in [5, 5.41) is 14.9. The minimum Gasteiger partial charge on any atom is -0.367 e. The van der Waals surface area contributed by atoms with E-state index in [0.717, 1.165) is 11.1 Å². The predicted octanol–water partition coefficient (Wildman–Crippen LogP) is 2.12. The maximum Gasteiger partial charge on any atom is 0.162 e. The summed E-state index contributed by atoms with van der Waals surface area (Å²) in [6.45, 7) is 1.13. The van der Waals surface area contributed by atoms with Crippen LogP contribution < -0.4 is 16.4 Å². The summed E-state index contributed by atoms with van der Waals surface area (Å²) in [4.78, 5) is 8.44. The lowest BCUT2D eigenvalue weighted by Gasteiger charge is -2.08. The van der Waals surface area contributed by atoms with Crippen LogP contribution in [0.25, 0.3) is 11.0 Å². The Kier molecular flexibility index (Phi) is 3.85. The van der Waals surface area contributed by atoms with Gasteiger partial charge in [0, 0.05) is 23.8 Å². The number of aromatic nitrogens is 4. The van der Waals surface area contributed by atoms with Gasteiger partial charge in [-0.05, 0) is 18.2 Å². The molecule has 0 aliphatic carbocycles. The average molecular weight is 304 g/mol. The Morgan fingerprint density at radius 1 is 1.24 bits per heavy atom. The average Bonchev–Trinajstić information content (AvgIpc) is 2.89. The number of aromatic amines is 1. The van der Waals surface area contributed by atoms with Crippen LogP contribution in [0.3, 0.4) is 0 Å². The second-order valence-corrected chi connectivity index (χ2v) is 4.81. The van der Waals surface area contributed by atoms with E-state index in [1.54, 1.807) is 0 Å². The number of anilines is 3. The van der Waals surface area contributed by atoms with Gasteiger partial charge in [0.2, 0.25) is 0 Å². The number of fused-ring (bicyclic) bond motifs is 1. The molecule has 2 aromatic heterocycles. The zero-order valence-corrected chi connectivity index (χ0v) is 11.9. The second-order valence-electron chi connectivity index (χ2n) is 4.37. The van der Waals surface area contributed by atoms with Crippen molar-refractivity contribution in [3.8, 4) is 0 Å². The number of nitrogens with zero attached hydrogens (tertiary/aromatic N) is 3. The van der Waals surface area contributed by atoms with Crippen LogP contribution >= 0.6 is 11.6 Å². The van der Waals surface area contributed by atoms with E-state index in [-0.39, 0.29) is 0 Å². The van der Waals surface area contributed by atoms with E-state index in [1.807, 2.05) is 24.3 Å². The van der Waals surface area contributed by atoms with Crippen molar-refractivity contribution in [2.45, 2.75) is 0 Å². The zero-order valence-electron chi connectivity index (χ0n) is 11.1. The lowest BCUT2D eigenvalue weighted by Crippen LogP contribution is -2.13. The van der Waals surface area contributed by atoms with Crippen molar-refractivity contribution in [2.24, 2.45) is 5.73 Å². The number of benzene rings is 1. The quantitative estimate of drug-likeness (QED) is 0.575. The van der Waals surface area contributed by atoms with E-state index >= 15 is 0 Å². The highest BCUT2D eigenvalue weighted by molar-refractivity contribution is 6.30. The molecule has 0 aliphatic rings. The summed E-state index contributed by atoms with van der Waals surface area (Å²) in [7, 11) is 0. The second kappa shape index (κ2) is 5.94. The molecule has 0 saturated carbocycles. The summed E-state index contributed by atoms with van der Waals surface area (Å²) >= 11 is 5.99. The number of hydrogen-bond acceptors (Lipinski definition) is 6. The Morgan fingerprint density at radius 3 is 2.95 bits per heavy atom. The number of halogens is 1. The maximum atomic E-state index is 5.99. The first-order chi connectivity index (χ1) is 10.3. The fourth-order valence-electron chi connectivity index (χ4n) is 1.98. The summed E-state index contributed by atoms with van der Waals surface area (Å²) in [5.41, 5.74) is 6.99. The Balaban J connectivity index is 1.99. The van der Waals surface area contributed by atoms with Crippen molar-refractivity contribution >= 4 is 40.0 Å². The minimum atomic E-state index is 0.513. The predicted molar refractivity (Wildman–Crippen MR) is 84.0 cm³/mol. The monoisotopic (exact) mass is 303 g/mol. The van der Waals surface area contributed by atoms with E-state index in [9.17, 15) is 0 Å². The zero-order chi connectivity index (χ0) is 14.7. The number of nitrogens with two attached hydrogens (primary N) is 1. The Morgan fingerprint density at radius 2 is 2.14 bits per heavy atom. The molecule has 7 nitrogen and oxygen atoms in total. The lowest BCUT2D eigenvalue weighted by atomic mass is 10.3. The standard InChI is InChI=1S/C13H14ClN7/c14-8-2-1-3-9(6-8)19-11-10-12(16-5-4-15)20-21-13(10)18-7-17-11/h1-3,6-7H,4-5,15H2,(H3,16,17,18,19,20,21). The van der Waals surface area contributed by atoms with E-state index in [4.69, 9.17) is 17.3 Å². The van der Waals surface area contributed by atoms with Crippen LogP contribution in [0, 0.1) is 0 Å². The van der Waals surface area contributed by atoms with E-state index < -0.39 is 0 Å². The molecule has 5 N–H and O–H groups in total. The van der Waals surface area contributed by atoms with Gasteiger partial charge in [0.15, 0.2) is 11.5 Å². The first-order valence-electron chi connectivity index (χ1n) is 6.43. The maximum absolute atomic E-state index is 5.99. The SMILES string of the molecule is NCCNc1n[nH]c2ncnc(Nc3cccc(Cl)c3)c12. The van der Waals surface area contributed by atoms with Gasteiger partial charge in [-0.25, -0.2) is 9.97 Å². The summed E-state index contributed by atoms with van der Waals surface area (Å²) in [6, 6.07) is 7.41. The highest BCUT2D eigenvalue weighted by atomic mass is 35.5. The fraction of sp³-hybridized carbons (Fsp3) is 0.154. The highest BCUT2D eigenvalue weighted by Crippen LogP contribution is 2.28. The normalized spacial score (nSPS) is 10.8. The molecule has 0 bridgehead atoms. The van der Waals surface area contributed by atoms with Gasteiger partial charge in [0.25, 0.3) is 0 Å². The molecule has 1 aromatic carbocycles. The molecule has 0 unspecified atom stereocenters. The Hall–Kier alpha value is -2.38. The molecule has 108 valence electrons. The summed E-state index contributed by atoms with van der Waals surface area (Å²) in [5.74, 6) is 1.32. The van der Waals surface area contributed by atoms with Crippen LogP contribution in [0.5, 0.6) is 0 Å². The third-order valence-electron chi connectivity index (χ3n) is 2.88. The van der Waals surface area contributed by atoms with Crippen LogP contribution in [0.15, 0.2) is 30.6 Å². The third kappa shape index (κ3) is 2.88. The molecule has 0 atom stereocenters. The number of H-pyrrole nitrogens is 1. The fourth-order valence-corrected chi connectivity index (χ4v) is 2.17. The highest BCUT2D eigenvalue weighted by Gasteiger charge is 2.12. The smallest absolute Gasteiger partial charge is 0.162 e. The molecule has 2 heterocycles. The molecule has 0 amide bonds. The minimum absolute atomic E-state index is 0.513. The van der Waals surface area contributed by atoms with Crippen molar-refractivity contribution < 1.29 is 0 Å². The van der Waals surface area contributed by atoms with E-state index in [2.05, 4.69) is 30.8 Å². The topological polar surface area (TPSA) is 105 Å². The van der Waals surface area contributed by atoms with Gasteiger partial charge in [-0.2, -0.15) is 5.10 Å². The molecule has 0 spiro atoms. The van der Waals surface area contributed by atoms with Gasteiger partial charge in [0.1, 0.15) is 17.5 Å². The van der Waals surface area contributed by atoms with Crippen LogP contribution in [-0.2, 0) is 0 Å². The van der Waals surface area contributed by atoms with Gasteiger partial charge in [0.05, 0.1) is 0 Å². The molecule has 3 rings (SSSR count). The third-order valence-corrected chi connectivity index (χ3v) is 3.12. The van der Waals surface area contributed by atoms with Crippen molar-refractivity contribution in [3.63, 3.8) is 0 Å². The van der Waals surface area contributed by atoms with E-state index in [1.165, 1.54) is 6.33 Å². The summed E-state index contributed by atoms with van der Waals surface area (Å²) in [6.07, 6.45) is 1.47. The molecule has 0 fully saturated rings. The Labute approximate surface area is 125 Å². The molecular weight excluding hydrogens is 290 g/mol. The van der Waals surface area contributed by atoms with Gasteiger partial charge in [-0.1, -0.05) is 17.7 Å². The number of nitrogens with one attached hydrogen (secondary N) is 3. The van der Waals surface area contributed by atoms with Crippen LogP contribution in [0.4, 0.5) is 17.3 Å².